The molecule has 0 heterocycles. The summed E-state index contributed by atoms with van der Waals surface area (Å²) in [6.07, 6.45) is 4.55. The zero-order valence-electron chi connectivity index (χ0n) is 13.1. The number of hydrogen-bond acceptors (Lipinski definition) is 3. The molecule has 3 nitrogen and oxygen atoms in total. The zero-order valence-corrected chi connectivity index (χ0v) is 13.1. The molecule has 0 aromatic rings. The number of rotatable bonds is 11. The normalized spacial score (nSPS) is 12.7. The van der Waals surface area contributed by atoms with Gasteiger partial charge in [0, 0.05) is 24.6 Å². The van der Waals surface area contributed by atoms with Crippen LogP contribution in [0.15, 0.2) is 0 Å². The molecule has 0 saturated carbocycles. The highest BCUT2D eigenvalue weighted by Gasteiger charge is 2.24. The van der Waals surface area contributed by atoms with Gasteiger partial charge in [-0.1, -0.05) is 13.8 Å². The standard InChI is InChI=1S/C15H34N2O/c1-6-15(7-2,13-18)12-16-10-8-9-11-17(5)14(3)4/h14,16,18H,6-13H2,1-5H3. The Bertz CT molecular complexity index is 183. The van der Waals surface area contributed by atoms with Crippen molar-refractivity contribution in [3.63, 3.8) is 0 Å². The molecule has 110 valence electrons. The van der Waals surface area contributed by atoms with Gasteiger partial charge in [-0.15, -0.1) is 0 Å². The summed E-state index contributed by atoms with van der Waals surface area (Å²) in [5.41, 5.74) is 0.0920. The van der Waals surface area contributed by atoms with E-state index in [4.69, 9.17) is 0 Å². The molecule has 0 aromatic carbocycles. The summed E-state index contributed by atoms with van der Waals surface area (Å²) in [5.74, 6) is 0. The summed E-state index contributed by atoms with van der Waals surface area (Å²) in [5, 5.41) is 13.0. The van der Waals surface area contributed by atoms with Crippen molar-refractivity contribution in [3.8, 4) is 0 Å². The van der Waals surface area contributed by atoms with Crippen molar-refractivity contribution in [2.45, 2.75) is 59.4 Å². The van der Waals surface area contributed by atoms with Crippen LogP contribution in [-0.2, 0) is 0 Å². The monoisotopic (exact) mass is 258 g/mol. The van der Waals surface area contributed by atoms with E-state index in [0.29, 0.717) is 12.6 Å². The molecule has 0 aromatic heterocycles. The predicted octanol–water partition coefficient (Wildman–Crippen LogP) is 2.50. The van der Waals surface area contributed by atoms with E-state index in [1.54, 1.807) is 0 Å². The number of hydrogen-bond donors (Lipinski definition) is 2. The summed E-state index contributed by atoms with van der Waals surface area (Å²) in [6.45, 7) is 12.3. The van der Waals surface area contributed by atoms with Gasteiger partial charge in [-0.2, -0.15) is 0 Å². The van der Waals surface area contributed by atoms with Crippen molar-refractivity contribution in [1.82, 2.24) is 10.2 Å². The fraction of sp³-hybridized carbons (Fsp3) is 1.00. The maximum absolute atomic E-state index is 9.47. The molecule has 0 saturated heterocycles. The van der Waals surface area contributed by atoms with Crippen LogP contribution in [0.4, 0.5) is 0 Å². The molecule has 0 amide bonds. The van der Waals surface area contributed by atoms with Crippen LogP contribution in [0.5, 0.6) is 0 Å². The van der Waals surface area contributed by atoms with Crippen molar-refractivity contribution in [1.29, 1.82) is 0 Å². The summed E-state index contributed by atoms with van der Waals surface area (Å²) in [4.78, 5) is 2.39. The lowest BCUT2D eigenvalue weighted by Crippen LogP contribution is -2.37. The van der Waals surface area contributed by atoms with Gasteiger partial charge in [0.25, 0.3) is 0 Å². The minimum atomic E-state index is 0.0920. The largest absolute Gasteiger partial charge is 0.396 e. The summed E-state index contributed by atoms with van der Waals surface area (Å²) >= 11 is 0. The summed E-state index contributed by atoms with van der Waals surface area (Å²) in [7, 11) is 2.18. The SMILES string of the molecule is CCC(CC)(CO)CNCCCCN(C)C(C)C. The Hall–Kier alpha value is -0.120. The highest BCUT2D eigenvalue weighted by molar-refractivity contribution is 4.78. The summed E-state index contributed by atoms with van der Waals surface area (Å²) in [6, 6.07) is 0.639. The molecule has 3 heteroatoms. The number of unbranched alkanes of at least 4 members (excludes halogenated alkanes) is 1. The van der Waals surface area contributed by atoms with Crippen molar-refractivity contribution in [2.75, 3.05) is 33.3 Å². The van der Waals surface area contributed by atoms with Gasteiger partial charge in [-0.05, 0) is 59.7 Å². The van der Waals surface area contributed by atoms with Crippen molar-refractivity contribution in [2.24, 2.45) is 5.41 Å². The smallest absolute Gasteiger partial charge is 0.0499 e. The van der Waals surface area contributed by atoms with Crippen molar-refractivity contribution in [3.05, 3.63) is 0 Å². The van der Waals surface area contributed by atoms with Gasteiger partial charge in [0.1, 0.15) is 0 Å². The van der Waals surface area contributed by atoms with E-state index >= 15 is 0 Å². The van der Waals surface area contributed by atoms with Gasteiger partial charge in [0.15, 0.2) is 0 Å². The first-order valence-electron chi connectivity index (χ1n) is 7.53. The van der Waals surface area contributed by atoms with E-state index in [-0.39, 0.29) is 5.41 Å². The first-order valence-corrected chi connectivity index (χ1v) is 7.53. The topological polar surface area (TPSA) is 35.5 Å². The van der Waals surface area contributed by atoms with Crippen LogP contribution >= 0.6 is 0 Å². The first-order chi connectivity index (χ1) is 8.51. The third-order valence-electron chi connectivity index (χ3n) is 4.33. The lowest BCUT2D eigenvalue weighted by molar-refractivity contribution is 0.113. The molecular formula is C15H34N2O. The van der Waals surface area contributed by atoms with Crippen LogP contribution in [0, 0.1) is 5.41 Å². The molecule has 0 fully saturated rings. The average Bonchev–Trinajstić information content (AvgIpc) is 2.38. The van der Waals surface area contributed by atoms with Crippen LogP contribution < -0.4 is 5.32 Å². The number of nitrogens with one attached hydrogen (secondary N) is 1. The van der Waals surface area contributed by atoms with Gasteiger partial charge >= 0.3 is 0 Å². The van der Waals surface area contributed by atoms with Crippen LogP contribution in [-0.4, -0.2) is 49.3 Å². The molecule has 0 aliphatic carbocycles. The van der Waals surface area contributed by atoms with E-state index < -0.39 is 0 Å². The quantitative estimate of drug-likeness (QED) is 0.559. The maximum Gasteiger partial charge on any atom is 0.0499 e. The minimum absolute atomic E-state index is 0.0920. The molecule has 2 N–H and O–H groups in total. The van der Waals surface area contributed by atoms with E-state index in [2.05, 4.69) is 45.0 Å². The van der Waals surface area contributed by atoms with Gasteiger partial charge in [-0.25, -0.2) is 0 Å². The molecule has 0 spiro atoms. The summed E-state index contributed by atoms with van der Waals surface area (Å²) < 4.78 is 0. The minimum Gasteiger partial charge on any atom is -0.396 e. The highest BCUT2D eigenvalue weighted by atomic mass is 16.3. The van der Waals surface area contributed by atoms with Crippen molar-refractivity contribution < 1.29 is 5.11 Å². The molecule has 0 bridgehead atoms. The number of aliphatic hydroxyl groups is 1. The van der Waals surface area contributed by atoms with Gasteiger partial charge in [0.2, 0.25) is 0 Å². The van der Waals surface area contributed by atoms with Crippen LogP contribution in [0.25, 0.3) is 0 Å². The number of aliphatic hydroxyl groups excluding tert-OH is 1. The Labute approximate surface area is 114 Å². The van der Waals surface area contributed by atoms with E-state index in [1.165, 1.54) is 19.4 Å². The third-order valence-corrected chi connectivity index (χ3v) is 4.33. The number of nitrogens with zero attached hydrogens (tertiary/aromatic N) is 1. The van der Waals surface area contributed by atoms with Gasteiger partial charge in [0.05, 0.1) is 0 Å². The van der Waals surface area contributed by atoms with Crippen molar-refractivity contribution >= 4 is 0 Å². The molecule has 18 heavy (non-hydrogen) atoms. The maximum atomic E-state index is 9.47. The Morgan fingerprint density at radius 1 is 1.17 bits per heavy atom. The Kier molecular flexibility index (Phi) is 9.70. The molecule has 0 radical (unpaired) electrons. The fourth-order valence-electron chi connectivity index (χ4n) is 2.00. The lowest BCUT2D eigenvalue weighted by atomic mass is 9.83. The molecule has 0 rings (SSSR count). The molecular weight excluding hydrogens is 224 g/mol. The van der Waals surface area contributed by atoms with E-state index in [0.717, 1.165) is 25.9 Å². The third kappa shape index (κ3) is 6.72. The molecule has 0 atom stereocenters. The zero-order chi connectivity index (χ0) is 14.0. The molecule has 0 aliphatic rings. The second-order valence-electron chi connectivity index (χ2n) is 5.82. The average molecular weight is 258 g/mol. The van der Waals surface area contributed by atoms with Gasteiger partial charge in [-0.3, -0.25) is 0 Å². The van der Waals surface area contributed by atoms with Crippen LogP contribution in [0.1, 0.15) is 53.4 Å². The molecule has 0 aliphatic heterocycles. The first kappa shape index (κ1) is 17.9. The second kappa shape index (κ2) is 9.76. The van der Waals surface area contributed by atoms with Crippen LogP contribution in [0.3, 0.4) is 0 Å². The van der Waals surface area contributed by atoms with Gasteiger partial charge < -0.3 is 15.3 Å². The highest BCUT2D eigenvalue weighted by Crippen LogP contribution is 2.24. The second-order valence-corrected chi connectivity index (χ2v) is 5.82. The van der Waals surface area contributed by atoms with E-state index in [1.807, 2.05) is 0 Å². The Morgan fingerprint density at radius 2 is 1.78 bits per heavy atom. The van der Waals surface area contributed by atoms with E-state index in [9.17, 15) is 5.11 Å². The Morgan fingerprint density at radius 3 is 2.22 bits per heavy atom. The Balaban J connectivity index is 3.61. The van der Waals surface area contributed by atoms with Crippen LogP contribution in [0.2, 0.25) is 0 Å². The molecule has 0 unspecified atom stereocenters. The fourth-order valence-corrected chi connectivity index (χ4v) is 2.00. The predicted molar refractivity (Wildman–Crippen MR) is 80.0 cm³/mol. The lowest BCUT2D eigenvalue weighted by Gasteiger charge is -2.29.